The van der Waals surface area contributed by atoms with Gasteiger partial charge in [0.25, 0.3) is 0 Å². The minimum Gasteiger partial charge on any atom is -0.309 e. The van der Waals surface area contributed by atoms with Gasteiger partial charge in [-0.3, -0.25) is 9.97 Å². The quantitative estimate of drug-likeness (QED) is 0.153. The van der Waals surface area contributed by atoms with E-state index in [0.717, 1.165) is 72.6 Å². The van der Waals surface area contributed by atoms with E-state index in [0.29, 0.717) is 5.82 Å². The third kappa shape index (κ3) is 6.82. The van der Waals surface area contributed by atoms with E-state index in [9.17, 15) is 0 Å². The maximum absolute atomic E-state index is 5.10. The van der Waals surface area contributed by atoms with Gasteiger partial charge < -0.3 is 9.13 Å². The average molecular weight is 869 g/mol. The zero-order chi connectivity index (χ0) is 45.0. The molecule has 0 fully saturated rings. The smallest absolute Gasteiger partial charge is 0.160 e. The SMILES string of the molecule is c1ccc(-c2ccc3c(c2)c2ccccc2n3-c2cc(-c3ccc(-c4cc(-c5ccncc5)nc(-c5ccncc5)n4)cc3)cc(-n3c4ccccc4c4cc(-c5ccccc5)ccc43)c2)cc1. The van der Waals surface area contributed by atoms with Crippen LogP contribution in [0.25, 0.3) is 122 Å². The number of pyridine rings is 2. The molecule has 0 atom stereocenters. The lowest BCUT2D eigenvalue weighted by atomic mass is 10.0. The predicted octanol–water partition coefficient (Wildman–Crippen LogP) is 15.5. The Morgan fingerprint density at radius 3 is 1.16 bits per heavy atom. The first-order chi connectivity index (χ1) is 33.7. The van der Waals surface area contributed by atoms with Crippen molar-refractivity contribution in [2.75, 3.05) is 0 Å². The number of aromatic nitrogens is 6. The third-order valence-corrected chi connectivity index (χ3v) is 13.1. The van der Waals surface area contributed by atoms with E-state index >= 15 is 0 Å². The largest absolute Gasteiger partial charge is 0.309 e. The van der Waals surface area contributed by atoms with Crippen molar-refractivity contribution in [3.8, 4) is 78.7 Å². The Kier molecular flexibility index (Phi) is 9.39. The highest BCUT2D eigenvalue weighted by molar-refractivity contribution is 6.12. The van der Waals surface area contributed by atoms with Crippen LogP contribution in [0.4, 0.5) is 0 Å². The van der Waals surface area contributed by atoms with Gasteiger partial charge >= 0.3 is 0 Å². The summed E-state index contributed by atoms with van der Waals surface area (Å²) in [6.07, 6.45) is 7.14. The molecule has 0 spiro atoms. The third-order valence-electron chi connectivity index (χ3n) is 13.1. The van der Waals surface area contributed by atoms with Crippen molar-refractivity contribution >= 4 is 43.6 Å². The lowest BCUT2D eigenvalue weighted by Gasteiger charge is -2.16. The van der Waals surface area contributed by atoms with Crippen LogP contribution in [-0.2, 0) is 0 Å². The summed E-state index contributed by atoms with van der Waals surface area (Å²) < 4.78 is 4.87. The standard InChI is InChI=1S/C62H40N6/c1-3-11-41(12-4-1)47-23-25-60-54(37-47)52-15-7-9-17-58(52)67(60)50-35-49(36-51(39-50)68-59-18-10-8-16-53(59)55-38-48(24-26-61(55)68)42-13-5-2-6-14-42)43-19-21-44(22-20-43)56-40-57(45-27-31-63-32-28-45)66-62(65-56)46-29-33-64-34-30-46/h1-40H. The molecule has 0 aliphatic rings. The second kappa shape index (κ2) is 16.3. The second-order valence-corrected chi connectivity index (χ2v) is 17.2. The number of fused-ring (bicyclic) bond motifs is 6. The highest BCUT2D eigenvalue weighted by atomic mass is 15.0. The lowest BCUT2D eigenvalue weighted by Crippen LogP contribution is -2.00. The summed E-state index contributed by atoms with van der Waals surface area (Å²) >= 11 is 0. The van der Waals surface area contributed by atoms with Crippen molar-refractivity contribution in [2.24, 2.45) is 0 Å². The fraction of sp³-hybridized carbons (Fsp3) is 0. The van der Waals surface area contributed by atoms with Crippen LogP contribution >= 0.6 is 0 Å². The number of rotatable bonds is 8. The van der Waals surface area contributed by atoms with E-state index in [1.165, 1.54) is 43.8 Å². The number of para-hydroxylation sites is 2. The molecule has 68 heavy (non-hydrogen) atoms. The topological polar surface area (TPSA) is 61.4 Å². The summed E-state index contributed by atoms with van der Waals surface area (Å²) in [5.74, 6) is 0.641. The van der Waals surface area contributed by atoms with Gasteiger partial charge in [0.2, 0.25) is 0 Å². The van der Waals surface area contributed by atoms with E-state index in [-0.39, 0.29) is 0 Å². The molecule has 0 radical (unpaired) electrons. The zero-order valence-electron chi connectivity index (χ0n) is 36.8. The second-order valence-electron chi connectivity index (χ2n) is 17.2. The van der Waals surface area contributed by atoms with E-state index in [2.05, 4.69) is 213 Å². The molecule has 0 aliphatic carbocycles. The average Bonchev–Trinajstić information content (AvgIpc) is 3.94. The Bertz CT molecular complexity index is 3760. The van der Waals surface area contributed by atoms with Gasteiger partial charge in [0.05, 0.1) is 33.5 Å². The van der Waals surface area contributed by atoms with Gasteiger partial charge in [-0.15, -0.1) is 0 Å². The molecule has 5 aromatic heterocycles. The summed E-state index contributed by atoms with van der Waals surface area (Å²) in [5, 5.41) is 4.85. The van der Waals surface area contributed by atoms with Gasteiger partial charge in [0.1, 0.15) is 0 Å². The summed E-state index contributed by atoms with van der Waals surface area (Å²) in [6, 6.07) is 78.3. The van der Waals surface area contributed by atoms with Gasteiger partial charge in [-0.05, 0) is 118 Å². The minimum absolute atomic E-state index is 0.641. The van der Waals surface area contributed by atoms with E-state index in [1.54, 1.807) is 24.8 Å². The first-order valence-electron chi connectivity index (χ1n) is 22.8. The monoisotopic (exact) mass is 868 g/mol. The number of benzene rings is 8. The zero-order valence-corrected chi connectivity index (χ0v) is 36.8. The molecule has 0 N–H and O–H groups in total. The summed E-state index contributed by atoms with van der Waals surface area (Å²) in [5.41, 5.74) is 18.3. The molecule has 13 aromatic rings. The molecule has 8 aromatic carbocycles. The van der Waals surface area contributed by atoms with Gasteiger partial charge in [-0.25, -0.2) is 9.97 Å². The van der Waals surface area contributed by atoms with Crippen LogP contribution in [0.5, 0.6) is 0 Å². The van der Waals surface area contributed by atoms with E-state index in [1.807, 2.05) is 24.3 Å². The van der Waals surface area contributed by atoms with Crippen molar-refractivity contribution in [3.05, 3.63) is 243 Å². The number of hydrogen-bond donors (Lipinski definition) is 0. The van der Waals surface area contributed by atoms with Crippen LogP contribution in [0.15, 0.2) is 243 Å². The van der Waals surface area contributed by atoms with Crippen molar-refractivity contribution in [1.82, 2.24) is 29.1 Å². The Morgan fingerprint density at radius 2 is 0.647 bits per heavy atom. The van der Waals surface area contributed by atoms with Crippen molar-refractivity contribution in [1.29, 1.82) is 0 Å². The molecule has 318 valence electrons. The molecule has 5 heterocycles. The Morgan fingerprint density at radius 1 is 0.250 bits per heavy atom. The normalized spacial score (nSPS) is 11.5. The predicted molar refractivity (Wildman–Crippen MR) is 279 cm³/mol. The van der Waals surface area contributed by atoms with Crippen LogP contribution in [0.3, 0.4) is 0 Å². The van der Waals surface area contributed by atoms with Crippen LogP contribution in [0.1, 0.15) is 0 Å². The number of hydrogen-bond acceptors (Lipinski definition) is 4. The molecule has 0 bridgehead atoms. The Labute approximate surface area is 392 Å². The van der Waals surface area contributed by atoms with Gasteiger partial charge in [0, 0.05) is 74.4 Å². The summed E-state index contributed by atoms with van der Waals surface area (Å²) in [4.78, 5) is 18.6. The van der Waals surface area contributed by atoms with Gasteiger partial charge in [-0.2, -0.15) is 0 Å². The fourth-order valence-electron chi connectivity index (χ4n) is 9.87. The van der Waals surface area contributed by atoms with E-state index < -0.39 is 0 Å². The van der Waals surface area contributed by atoms with Crippen LogP contribution in [-0.4, -0.2) is 29.1 Å². The molecule has 6 heteroatoms. The van der Waals surface area contributed by atoms with Crippen molar-refractivity contribution in [2.45, 2.75) is 0 Å². The maximum atomic E-state index is 5.10. The summed E-state index contributed by atoms with van der Waals surface area (Å²) in [7, 11) is 0. The molecule has 0 saturated heterocycles. The highest BCUT2D eigenvalue weighted by Gasteiger charge is 2.19. The maximum Gasteiger partial charge on any atom is 0.160 e. The van der Waals surface area contributed by atoms with Crippen molar-refractivity contribution < 1.29 is 0 Å². The van der Waals surface area contributed by atoms with Crippen molar-refractivity contribution in [3.63, 3.8) is 0 Å². The highest BCUT2D eigenvalue weighted by Crippen LogP contribution is 2.40. The van der Waals surface area contributed by atoms with Crippen LogP contribution in [0.2, 0.25) is 0 Å². The Balaban J connectivity index is 1.01. The first-order valence-corrected chi connectivity index (χ1v) is 22.8. The first kappa shape index (κ1) is 39.1. The minimum atomic E-state index is 0.641. The lowest BCUT2D eigenvalue weighted by molar-refractivity contribution is 1.13. The molecule has 0 unspecified atom stereocenters. The van der Waals surface area contributed by atoms with Gasteiger partial charge in [0.15, 0.2) is 5.82 Å². The Hall–Kier alpha value is -9.26. The summed E-state index contributed by atoms with van der Waals surface area (Å²) in [6.45, 7) is 0. The number of nitrogens with zero attached hydrogens (tertiary/aromatic N) is 6. The molecule has 0 saturated carbocycles. The molecule has 6 nitrogen and oxygen atoms in total. The molecule has 13 rings (SSSR count). The molecule has 0 amide bonds. The van der Waals surface area contributed by atoms with Crippen LogP contribution in [0, 0.1) is 0 Å². The molecule has 0 aliphatic heterocycles. The van der Waals surface area contributed by atoms with Crippen LogP contribution < -0.4 is 0 Å². The molecular weight excluding hydrogens is 829 g/mol. The van der Waals surface area contributed by atoms with E-state index in [4.69, 9.17) is 9.97 Å². The van der Waals surface area contributed by atoms with Gasteiger partial charge in [-0.1, -0.05) is 133 Å². The fourth-order valence-corrected chi connectivity index (χ4v) is 9.87. The molecular formula is C62H40N6.